The molecule has 1 heterocycles. The van der Waals surface area contributed by atoms with Crippen LogP contribution in [-0.4, -0.2) is 24.1 Å². The molecule has 6 heteroatoms. The van der Waals surface area contributed by atoms with Gasteiger partial charge >= 0.3 is 5.97 Å². The number of ether oxygens (including phenoxy) is 1. The van der Waals surface area contributed by atoms with E-state index >= 15 is 0 Å². The van der Waals surface area contributed by atoms with E-state index in [1.165, 1.54) is 43.5 Å². The molecule has 1 aliphatic rings. The van der Waals surface area contributed by atoms with Crippen molar-refractivity contribution in [3.63, 3.8) is 0 Å². The SMILES string of the molecule is COC(=C1C(=O)Nc2cc(C(=O)O)ccc21)c1ccc(F)cc1. The van der Waals surface area contributed by atoms with Crippen LogP contribution in [0.3, 0.4) is 0 Å². The lowest BCUT2D eigenvalue weighted by Crippen LogP contribution is -2.06. The van der Waals surface area contributed by atoms with Crippen molar-refractivity contribution in [2.24, 2.45) is 0 Å². The maximum absolute atomic E-state index is 13.1. The van der Waals surface area contributed by atoms with Crippen LogP contribution in [0.4, 0.5) is 10.1 Å². The number of fused-ring (bicyclic) bond motifs is 1. The number of hydrogen-bond acceptors (Lipinski definition) is 3. The van der Waals surface area contributed by atoms with Gasteiger partial charge in [0.25, 0.3) is 5.91 Å². The zero-order valence-corrected chi connectivity index (χ0v) is 12.1. The maximum atomic E-state index is 13.1. The van der Waals surface area contributed by atoms with E-state index in [4.69, 9.17) is 9.84 Å². The fourth-order valence-corrected chi connectivity index (χ4v) is 2.50. The van der Waals surface area contributed by atoms with Gasteiger partial charge in [0, 0.05) is 11.1 Å². The van der Waals surface area contributed by atoms with E-state index in [2.05, 4.69) is 5.32 Å². The molecule has 0 unspecified atom stereocenters. The largest absolute Gasteiger partial charge is 0.495 e. The van der Waals surface area contributed by atoms with Gasteiger partial charge in [-0.15, -0.1) is 0 Å². The summed E-state index contributed by atoms with van der Waals surface area (Å²) in [5.74, 6) is -1.57. The van der Waals surface area contributed by atoms with Crippen molar-refractivity contribution >= 4 is 28.9 Å². The second kappa shape index (κ2) is 5.57. The lowest BCUT2D eigenvalue weighted by Gasteiger charge is -2.10. The molecule has 2 aromatic carbocycles. The predicted octanol–water partition coefficient (Wildman–Crippen LogP) is 2.99. The summed E-state index contributed by atoms with van der Waals surface area (Å²) in [5.41, 5.74) is 1.86. The monoisotopic (exact) mass is 313 g/mol. The van der Waals surface area contributed by atoms with Gasteiger partial charge in [0.15, 0.2) is 0 Å². The molecule has 0 spiro atoms. The van der Waals surface area contributed by atoms with Crippen LogP contribution in [0, 0.1) is 5.82 Å². The molecule has 2 N–H and O–H groups in total. The molecule has 0 fully saturated rings. The molecule has 116 valence electrons. The van der Waals surface area contributed by atoms with Crippen molar-refractivity contribution in [3.05, 3.63) is 65.0 Å². The van der Waals surface area contributed by atoms with Crippen LogP contribution in [0.1, 0.15) is 21.5 Å². The van der Waals surface area contributed by atoms with Crippen molar-refractivity contribution in [2.75, 3.05) is 12.4 Å². The van der Waals surface area contributed by atoms with Gasteiger partial charge in [0.1, 0.15) is 11.6 Å². The third kappa shape index (κ3) is 2.55. The number of carboxylic acid groups (broad SMARTS) is 1. The van der Waals surface area contributed by atoms with E-state index in [0.717, 1.165) is 0 Å². The highest BCUT2D eigenvalue weighted by Crippen LogP contribution is 2.37. The summed E-state index contributed by atoms with van der Waals surface area (Å²) in [6.45, 7) is 0. The van der Waals surface area contributed by atoms with Crippen LogP contribution >= 0.6 is 0 Å². The van der Waals surface area contributed by atoms with Crippen molar-refractivity contribution in [3.8, 4) is 0 Å². The van der Waals surface area contributed by atoms with Gasteiger partial charge in [-0.3, -0.25) is 4.79 Å². The standard InChI is InChI=1S/C17H12FNO4/c1-23-15(9-2-5-11(18)6-3-9)14-12-7-4-10(17(21)22)8-13(12)19-16(14)20/h2-8H,1H3,(H,19,20)(H,21,22). The Balaban J connectivity index is 2.17. The van der Waals surface area contributed by atoms with Crippen molar-refractivity contribution in [2.45, 2.75) is 0 Å². The molecule has 0 bridgehead atoms. The predicted molar refractivity (Wildman–Crippen MR) is 82.3 cm³/mol. The number of carbonyl (C=O) groups excluding carboxylic acids is 1. The summed E-state index contributed by atoms with van der Waals surface area (Å²) in [6, 6.07) is 9.93. The molecular formula is C17H12FNO4. The molecule has 3 rings (SSSR count). The van der Waals surface area contributed by atoms with Crippen LogP contribution in [0.25, 0.3) is 11.3 Å². The summed E-state index contributed by atoms with van der Waals surface area (Å²) >= 11 is 0. The van der Waals surface area contributed by atoms with Crippen LogP contribution in [0.2, 0.25) is 0 Å². The molecule has 0 aromatic heterocycles. The average Bonchev–Trinajstić information content (AvgIpc) is 2.85. The van der Waals surface area contributed by atoms with Gasteiger partial charge in [0.05, 0.1) is 23.9 Å². The Bertz CT molecular complexity index is 840. The Kier molecular flexibility index (Phi) is 3.57. The summed E-state index contributed by atoms with van der Waals surface area (Å²) in [4.78, 5) is 23.3. The zero-order chi connectivity index (χ0) is 16.6. The molecule has 0 saturated heterocycles. The van der Waals surface area contributed by atoms with Crippen LogP contribution in [0.5, 0.6) is 0 Å². The summed E-state index contributed by atoms with van der Waals surface area (Å²) in [7, 11) is 1.42. The average molecular weight is 313 g/mol. The minimum absolute atomic E-state index is 0.0750. The maximum Gasteiger partial charge on any atom is 0.335 e. The Morgan fingerprint density at radius 2 is 1.78 bits per heavy atom. The lowest BCUT2D eigenvalue weighted by molar-refractivity contribution is -0.110. The van der Waals surface area contributed by atoms with E-state index in [1.807, 2.05) is 0 Å². The number of aromatic carboxylic acids is 1. The molecule has 5 nitrogen and oxygen atoms in total. The fraction of sp³-hybridized carbons (Fsp3) is 0.0588. The first-order valence-corrected chi connectivity index (χ1v) is 6.74. The van der Waals surface area contributed by atoms with Gasteiger partial charge in [-0.25, -0.2) is 9.18 Å². The van der Waals surface area contributed by atoms with Gasteiger partial charge in [-0.2, -0.15) is 0 Å². The Hall–Kier alpha value is -3.15. The highest BCUT2D eigenvalue weighted by atomic mass is 19.1. The topological polar surface area (TPSA) is 75.6 Å². The Morgan fingerprint density at radius 1 is 1.13 bits per heavy atom. The number of halogens is 1. The molecule has 0 saturated carbocycles. The van der Waals surface area contributed by atoms with Gasteiger partial charge < -0.3 is 15.2 Å². The number of benzene rings is 2. The molecular weight excluding hydrogens is 301 g/mol. The molecule has 2 aromatic rings. The molecule has 0 aliphatic carbocycles. The number of anilines is 1. The first kappa shape index (κ1) is 14.8. The second-order valence-corrected chi connectivity index (χ2v) is 4.93. The smallest absolute Gasteiger partial charge is 0.335 e. The quantitative estimate of drug-likeness (QED) is 0.675. The Labute approximate surface area is 131 Å². The van der Waals surface area contributed by atoms with Crippen LogP contribution in [0.15, 0.2) is 42.5 Å². The zero-order valence-electron chi connectivity index (χ0n) is 12.1. The molecule has 1 aliphatic heterocycles. The third-order valence-corrected chi connectivity index (χ3v) is 3.55. The van der Waals surface area contributed by atoms with E-state index < -0.39 is 17.7 Å². The lowest BCUT2D eigenvalue weighted by atomic mass is 10.0. The number of carboxylic acids is 1. The molecule has 0 atom stereocenters. The molecule has 1 amide bonds. The van der Waals surface area contributed by atoms with E-state index in [0.29, 0.717) is 22.6 Å². The summed E-state index contributed by atoms with van der Waals surface area (Å²) in [6.07, 6.45) is 0. The minimum atomic E-state index is -1.08. The van der Waals surface area contributed by atoms with Crippen LogP contribution in [-0.2, 0) is 9.53 Å². The highest BCUT2D eigenvalue weighted by Gasteiger charge is 2.29. The second-order valence-electron chi connectivity index (χ2n) is 4.93. The Morgan fingerprint density at radius 3 is 2.39 bits per heavy atom. The highest BCUT2D eigenvalue weighted by molar-refractivity contribution is 6.36. The number of rotatable bonds is 3. The number of nitrogens with one attached hydrogen (secondary N) is 1. The van der Waals surface area contributed by atoms with Gasteiger partial charge in [-0.1, -0.05) is 6.07 Å². The summed E-state index contributed by atoms with van der Waals surface area (Å²) in [5, 5.41) is 11.6. The van der Waals surface area contributed by atoms with Crippen molar-refractivity contribution in [1.29, 1.82) is 0 Å². The minimum Gasteiger partial charge on any atom is -0.495 e. The number of methoxy groups -OCH3 is 1. The van der Waals surface area contributed by atoms with E-state index in [1.54, 1.807) is 6.07 Å². The van der Waals surface area contributed by atoms with E-state index in [-0.39, 0.29) is 11.1 Å². The molecule has 0 radical (unpaired) electrons. The fourth-order valence-electron chi connectivity index (χ4n) is 2.50. The van der Waals surface area contributed by atoms with Crippen molar-refractivity contribution < 1.29 is 23.8 Å². The first-order valence-electron chi connectivity index (χ1n) is 6.74. The van der Waals surface area contributed by atoms with Gasteiger partial charge in [-0.05, 0) is 36.4 Å². The number of carbonyl (C=O) groups is 2. The first-order chi connectivity index (χ1) is 11.0. The van der Waals surface area contributed by atoms with Gasteiger partial charge in [0.2, 0.25) is 0 Å². The third-order valence-electron chi connectivity index (χ3n) is 3.55. The number of hydrogen-bond donors (Lipinski definition) is 2. The summed E-state index contributed by atoms with van der Waals surface area (Å²) < 4.78 is 18.4. The van der Waals surface area contributed by atoms with Crippen molar-refractivity contribution in [1.82, 2.24) is 0 Å². The normalized spacial score (nSPS) is 15.0. The molecule has 23 heavy (non-hydrogen) atoms. The number of amides is 1. The van der Waals surface area contributed by atoms with E-state index in [9.17, 15) is 14.0 Å². The van der Waals surface area contributed by atoms with Crippen LogP contribution < -0.4 is 5.32 Å².